The van der Waals surface area contributed by atoms with Crippen LogP contribution in [0.15, 0.2) is 24.3 Å². The Bertz CT molecular complexity index is 442. The number of aryl methyl sites for hydroxylation is 2. The van der Waals surface area contributed by atoms with Gasteiger partial charge in [0, 0.05) is 5.56 Å². The van der Waals surface area contributed by atoms with Crippen LogP contribution in [-0.4, -0.2) is 4.37 Å². The molecule has 0 N–H and O–H groups in total. The van der Waals surface area contributed by atoms with Gasteiger partial charge in [-0.3, -0.25) is 0 Å². The Morgan fingerprint density at radius 3 is 2.21 bits per heavy atom. The first-order valence-electron chi connectivity index (χ1n) is 4.36. The van der Waals surface area contributed by atoms with Crippen molar-refractivity contribution in [3.63, 3.8) is 0 Å². The molecule has 2 rings (SSSR count). The van der Waals surface area contributed by atoms with Crippen LogP contribution in [0.2, 0.25) is 4.34 Å². The predicted octanol–water partition coefficient (Wildman–Crippen LogP) is 4.08. The topological polar surface area (TPSA) is 12.9 Å². The second-order valence-corrected chi connectivity index (χ2v) is 4.83. The second-order valence-electron chi connectivity index (χ2n) is 3.39. The molecule has 14 heavy (non-hydrogen) atoms. The Hall–Kier alpha value is -0.860. The summed E-state index contributed by atoms with van der Waals surface area (Å²) in [6.45, 7) is 4.18. The van der Waals surface area contributed by atoms with Crippen molar-refractivity contribution in [2.75, 3.05) is 0 Å². The van der Waals surface area contributed by atoms with Crippen LogP contribution in [0.3, 0.4) is 0 Å². The minimum Gasteiger partial charge on any atom is -0.191 e. The molecule has 1 aromatic carbocycles. The van der Waals surface area contributed by atoms with E-state index in [9.17, 15) is 0 Å². The van der Waals surface area contributed by atoms with Gasteiger partial charge in [-0.05, 0) is 43.6 Å². The van der Waals surface area contributed by atoms with Crippen LogP contribution in [0, 0.1) is 13.8 Å². The zero-order chi connectivity index (χ0) is 10.1. The summed E-state index contributed by atoms with van der Waals surface area (Å²) in [6.07, 6.45) is 0. The number of rotatable bonds is 1. The Balaban J connectivity index is 2.51. The molecular formula is C11H10ClNS. The lowest BCUT2D eigenvalue weighted by Crippen LogP contribution is -1.81. The molecule has 1 nitrogen and oxygen atoms in total. The minimum absolute atomic E-state index is 0.735. The van der Waals surface area contributed by atoms with Crippen molar-refractivity contribution in [3.8, 4) is 11.3 Å². The normalized spacial score (nSPS) is 10.5. The molecule has 0 fully saturated rings. The summed E-state index contributed by atoms with van der Waals surface area (Å²) in [7, 11) is 0. The molecule has 0 bridgehead atoms. The average Bonchev–Trinajstić information content (AvgIpc) is 2.50. The first-order valence-corrected chi connectivity index (χ1v) is 5.51. The summed E-state index contributed by atoms with van der Waals surface area (Å²) in [5, 5.41) is 0. The van der Waals surface area contributed by atoms with Crippen LogP contribution < -0.4 is 0 Å². The molecule has 0 atom stereocenters. The molecule has 0 spiro atoms. The molecule has 72 valence electrons. The SMILES string of the molecule is Cc1cc(C)cc(-c2cc(Cl)sn2)c1. The maximum absolute atomic E-state index is 5.85. The van der Waals surface area contributed by atoms with E-state index in [1.807, 2.05) is 6.07 Å². The second kappa shape index (κ2) is 3.71. The molecule has 1 aromatic heterocycles. The summed E-state index contributed by atoms with van der Waals surface area (Å²) in [5.74, 6) is 0. The van der Waals surface area contributed by atoms with Gasteiger partial charge in [0.15, 0.2) is 0 Å². The Morgan fingerprint density at radius 2 is 1.71 bits per heavy atom. The molecule has 1 heterocycles. The van der Waals surface area contributed by atoms with E-state index in [0.29, 0.717) is 0 Å². The zero-order valence-electron chi connectivity index (χ0n) is 8.04. The number of aromatic nitrogens is 1. The van der Waals surface area contributed by atoms with Crippen LogP contribution >= 0.6 is 23.1 Å². The number of halogens is 1. The van der Waals surface area contributed by atoms with E-state index in [1.165, 1.54) is 22.7 Å². The number of benzene rings is 1. The maximum atomic E-state index is 5.85. The summed E-state index contributed by atoms with van der Waals surface area (Å²) in [6, 6.07) is 8.30. The Morgan fingerprint density at radius 1 is 1.07 bits per heavy atom. The standard InChI is InChI=1S/C11H10ClNS/c1-7-3-8(2)5-9(4-7)10-6-11(12)14-13-10/h3-6H,1-2H3. The summed E-state index contributed by atoms with van der Waals surface area (Å²) in [5.41, 5.74) is 4.62. The first kappa shape index (κ1) is 9.69. The van der Waals surface area contributed by atoms with Crippen molar-refractivity contribution in [1.82, 2.24) is 4.37 Å². The van der Waals surface area contributed by atoms with Crippen molar-refractivity contribution in [1.29, 1.82) is 0 Å². The molecule has 0 aliphatic rings. The third-order valence-electron chi connectivity index (χ3n) is 2.00. The number of hydrogen-bond donors (Lipinski definition) is 0. The number of nitrogens with zero attached hydrogens (tertiary/aromatic N) is 1. The number of hydrogen-bond acceptors (Lipinski definition) is 2. The van der Waals surface area contributed by atoms with Gasteiger partial charge < -0.3 is 0 Å². The zero-order valence-corrected chi connectivity index (χ0v) is 9.62. The van der Waals surface area contributed by atoms with Gasteiger partial charge in [0.2, 0.25) is 0 Å². The summed E-state index contributed by atoms with van der Waals surface area (Å²) < 4.78 is 5.01. The lowest BCUT2D eigenvalue weighted by Gasteiger charge is -2.01. The fraction of sp³-hybridized carbons (Fsp3) is 0.182. The van der Waals surface area contributed by atoms with E-state index >= 15 is 0 Å². The molecule has 3 heteroatoms. The predicted molar refractivity (Wildman–Crippen MR) is 62.0 cm³/mol. The molecule has 0 aliphatic carbocycles. The summed E-state index contributed by atoms with van der Waals surface area (Å²) >= 11 is 7.17. The van der Waals surface area contributed by atoms with E-state index in [-0.39, 0.29) is 0 Å². The van der Waals surface area contributed by atoms with Crippen LogP contribution in [0.1, 0.15) is 11.1 Å². The van der Waals surface area contributed by atoms with E-state index < -0.39 is 0 Å². The summed E-state index contributed by atoms with van der Waals surface area (Å²) in [4.78, 5) is 0. The van der Waals surface area contributed by atoms with E-state index in [1.54, 1.807) is 0 Å². The molecular weight excluding hydrogens is 214 g/mol. The molecule has 0 saturated carbocycles. The smallest absolute Gasteiger partial charge is 0.114 e. The molecule has 0 aliphatic heterocycles. The molecule has 0 unspecified atom stereocenters. The largest absolute Gasteiger partial charge is 0.191 e. The third kappa shape index (κ3) is 1.97. The minimum atomic E-state index is 0.735. The van der Waals surface area contributed by atoms with Crippen LogP contribution in [0.4, 0.5) is 0 Å². The molecule has 0 saturated heterocycles. The highest BCUT2D eigenvalue weighted by molar-refractivity contribution is 7.10. The van der Waals surface area contributed by atoms with Crippen LogP contribution in [-0.2, 0) is 0 Å². The average molecular weight is 224 g/mol. The fourth-order valence-electron chi connectivity index (χ4n) is 1.51. The van der Waals surface area contributed by atoms with Crippen molar-refractivity contribution in [2.45, 2.75) is 13.8 Å². The van der Waals surface area contributed by atoms with Gasteiger partial charge in [0.1, 0.15) is 4.34 Å². The van der Waals surface area contributed by atoms with Crippen LogP contribution in [0.5, 0.6) is 0 Å². The van der Waals surface area contributed by atoms with Gasteiger partial charge in [-0.1, -0.05) is 28.8 Å². The fourth-order valence-corrected chi connectivity index (χ4v) is 2.23. The van der Waals surface area contributed by atoms with E-state index in [4.69, 9.17) is 11.6 Å². The molecule has 0 radical (unpaired) electrons. The van der Waals surface area contributed by atoms with Gasteiger partial charge in [0.25, 0.3) is 0 Å². The molecule has 0 amide bonds. The van der Waals surface area contributed by atoms with E-state index in [0.717, 1.165) is 15.6 Å². The monoisotopic (exact) mass is 223 g/mol. The maximum Gasteiger partial charge on any atom is 0.114 e. The lowest BCUT2D eigenvalue weighted by atomic mass is 10.1. The van der Waals surface area contributed by atoms with Crippen LogP contribution in [0.25, 0.3) is 11.3 Å². The van der Waals surface area contributed by atoms with Gasteiger partial charge in [-0.25, -0.2) is 0 Å². The van der Waals surface area contributed by atoms with Gasteiger partial charge in [-0.2, -0.15) is 4.37 Å². The lowest BCUT2D eigenvalue weighted by molar-refractivity contribution is 1.37. The van der Waals surface area contributed by atoms with Crippen molar-refractivity contribution >= 4 is 23.1 Å². The Kier molecular flexibility index (Phi) is 2.57. The van der Waals surface area contributed by atoms with Gasteiger partial charge in [-0.15, -0.1) is 0 Å². The highest BCUT2D eigenvalue weighted by Crippen LogP contribution is 2.26. The third-order valence-corrected chi connectivity index (χ3v) is 2.90. The van der Waals surface area contributed by atoms with Gasteiger partial charge >= 0.3 is 0 Å². The first-order chi connectivity index (χ1) is 6.65. The van der Waals surface area contributed by atoms with E-state index in [2.05, 4.69) is 36.4 Å². The van der Waals surface area contributed by atoms with Crippen molar-refractivity contribution in [3.05, 3.63) is 39.7 Å². The van der Waals surface area contributed by atoms with Crippen molar-refractivity contribution < 1.29 is 0 Å². The Labute approximate surface area is 92.5 Å². The highest BCUT2D eigenvalue weighted by atomic mass is 35.5. The highest BCUT2D eigenvalue weighted by Gasteiger charge is 2.03. The quantitative estimate of drug-likeness (QED) is 0.710. The van der Waals surface area contributed by atoms with Gasteiger partial charge in [0.05, 0.1) is 5.69 Å². The molecule has 2 aromatic rings. The van der Waals surface area contributed by atoms with Crippen molar-refractivity contribution in [2.24, 2.45) is 0 Å².